The average Bonchev–Trinajstić information content (AvgIpc) is 3.15. The van der Waals surface area contributed by atoms with Crippen LogP contribution in [-0.4, -0.2) is 55.9 Å². The van der Waals surface area contributed by atoms with E-state index in [1.807, 2.05) is 10.3 Å². The number of thiazole rings is 1. The number of carbonyl (C=O) groups excluding carboxylic acids is 1. The van der Waals surface area contributed by atoms with Gasteiger partial charge in [0.15, 0.2) is 10.8 Å². The first-order valence-corrected chi connectivity index (χ1v) is 11.3. The molecule has 1 saturated heterocycles. The van der Waals surface area contributed by atoms with Crippen molar-refractivity contribution in [1.82, 2.24) is 29.7 Å². The van der Waals surface area contributed by atoms with Gasteiger partial charge in [0.1, 0.15) is 0 Å². The molecule has 158 valence electrons. The first kappa shape index (κ1) is 19.5. The number of hydrogen-bond acceptors (Lipinski definition) is 7. The topological polar surface area (TPSA) is 87.4 Å². The van der Waals surface area contributed by atoms with Gasteiger partial charge < -0.3 is 10.2 Å². The highest BCUT2D eigenvalue weighted by Gasteiger charge is 2.37. The Labute approximate surface area is 179 Å². The molecule has 1 unspecified atom stereocenters. The Bertz CT molecular complexity index is 1000. The molecule has 0 radical (unpaired) electrons. The van der Waals surface area contributed by atoms with Gasteiger partial charge in [-0.2, -0.15) is 13.9 Å². The predicted molar refractivity (Wildman–Crippen MR) is 111 cm³/mol. The van der Waals surface area contributed by atoms with E-state index in [4.69, 9.17) is 0 Å². The molecule has 1 atom stereocenters. The van der Waals surface area contributed by atoms with Crippen molar-refractivity contribution in [2.24, 2.45) is 4.99 Å². The fourth-order valence-electron chi connectivity index (χ4n) is 3.58. The number of halogens is 2. The molecule has 2 N–H and O–H groups in total. The molecule has 12 heteroatoms. The van der Waals surface area contributed by atoms with Crippen LogP contribution in [0.15, 0.2) is 34.7 Å². The SMILES string of the molecule is O=C(NSC1CC1)NC1CC2=C(c3cnn(C(F)F)c3)CN=C(c3nccs3)N2C1. The Morgan fingerprint density at radius 1 is 1.37 bits per heavy atom. The molecule has 3 aliphatic rings. The highest BCUT2D eigenvalue weighted by atomic mass is 32.2. The highest BCUT2D eigenvalue weighted by molar-refractivity contribution is 7.98. The van der Waals surface area contributed by atoms with Crippen molar-refractivity contribution in [3.63, 3.8) is 0 Å². The summed E-state index contributed by atoms with van der Waals surface area (Å²) in [5, 5.41) is 9.99. The van der Waals surface area contributed by atoms with Gasteiger partial charge in [0.05, 0.1) is 18.8 Å². The zero-order valence-corrected chi connectivity index (χ0v) is 17.4. The van der Waals surface area contributed by atoms with E-state index in [0.717, 1.165) is 35.0 Å². The van der Waals surface area contributed by atoms with Gasteiger partial charge in [0, 0.05) is 52.8 Å². The van der Waals surface area contributed by atoms with Gasteiger partial charge in [-0.1, -0.05) is 0 Å². The lowest BCUT2D eigenvalue weighted by Gasteiger charge is -2.27. The van der Waals surface area contributed by atoms with Gasteiger partial charge in [-0.05, 0) is 24.8 Å². The molecule has 2 amide bonds. The first-order valence-electron chi connectivity index (χ1n) is 9.57. The Kier molecular flexibility index (Phi) is 5.19. The summed E-state index contributed by atoms with van der Waals surface area (Å²) in [6.45, 7) is -1.79. The Hall–Kier alpha value is -2.47. The van der Waals surface area contributed by atoms with Crippen molar-refractivity contribution in [1.29, 1.82) is 0 Å². The standard InChI is InChI=1S/C18H19F2N7OS2/c19-17(20)27-8-10(6-23-27)13-7-22-15(16-21-3-4-29-16)26-9-11(5-14(13)26)24-18(28)25-30-12-1-2-12/h3-4,6,8,11-12,17H,1-2,5,7,9H2,(H2,24,25,28). The fourth-order valence-corrected chi connectivity index (χ4v) is 4.94. The van der Waals surface area contributed by atoms with Crippen LogP contribution in [0.3, 0.4) is 0 Å². The highest BCUT2D eigenvalue weighted by Crippen LogP contribution is 2.36. The van der Waals surface area contributed by atoms with E-state index < -0.39 is 6.55 Å². The summed E-state index contributed by atoms with van der Waals surface area (Å²) >= 11 is 2.95. The third-order valence-corrected chi connectivity index (χ3v) is 6.99. The van der Waals surface area contributed by atoms with Crippen LogP contribution < -0.4 is 10.0 Å². The first-order chi connectivity index (χ1) is 14.6. The average molecular weight is 452 g/mol. The van der Waals surface area contributed by atoms with Crippen LogP contribution in [0, 0.1) is 0 Å². The fraction of sp³-hybridized carbons (Fsp3) is 0.444. The lowest BCUT2D eigenvalue weighted by atomic mass is 10.0. The van der Waals surface area contributed by atoms with Crippen LogP contribution in [0.4, 0.5) is 13.6 Å². The second-order valence-electron chi connectivity index (χ2n) is 7.29. The van der Waals surface area contributed by atoms with Gasteiger partial charge in [-0.25, -0.2) is 14.5 Å². The summed E-state index contributed by atoms with van der Waals surface area (Å²) in [4.78, 5) is 23.4. The molecule has 0 bridgehead atoms. The number of nitrogens with one attached hydrogen (secondary N) is 2. The molecule has 0 aromatic carbocycles. The number of carbonyl (C=O) groups is 1. The zero-order valence-electron chi connectivity index (χ0n) is 15.8. The van der Waals surface area contributed by atoms with Crippen molar-refractivity contribution < 1.29 is 13.6 Å². The minimum atomic E-state index is -2.69. The molecule has 2 aromatic rings. The predicted octanol–water partition coefficient (Wildman–Crippen LogP) is 3.09. The second kappa shape index (κ2) is 7.99. The number of amides is 2. The molecule has 2 aliphatic heterocycles. The van der Waals surface area contributed by atoms with Crippen LogP contribution in [0.2, 0.25) is 0 Å². The van der Waals surface area contributed by atoms with Crippen LogP contribution in [0.25, 0.3) is 5.57 Å². The Balaban J connectivity index is 1.39. The van der Waals surface area contributed by atoms with Gasteiger partial charge >= 0.3 is 12.6 Å². The van der Waals surface area contributed by atoms with E-state index in [-0.39, 0.29) is 12.1 Å². The van der Waals surface area contributed by atoms with Gasteiger partial charge in [0.2, 0.25) is 0 Å². The van der Waals surface area contributed by atoms with E-state index in [0.29, 0.717) is 35.0 Å². The van der Waals surface area contributed by atoms with Crippen LogP contribution in [-0.2, 0) is 0 Å². The maximum atomic E-state index is 13.0. The summed E-state index contributed by atoms with van der Waals surface area (Å²) in [5.74, 6) is 0.752. The number of alkyl halides is 2. The summed E-state index contributed by atoms with van der Waals surface area (Å²) in [6, 6.07) is -0.333. The molecular weight excluding hydrogens is 432 g/mol. The van der Waals surface area contributed by atoms with Crippen molar-refractivity contribution in [2.45, 2.75) is 37.1 Å². The third kappa shape index (κ3) is 3.93. The van der Waals surface area contributed by atoms with Gasteiger partial charge in [0.25, 0.3) is 0 Å². The number of amidine groups is 1. The zero-order chi connectivity index (χ0) is 20.7. The normalized spacial score (nSPS) is 21.1. The lowest BCUT2D eigenvalue weighted by Crippen LogP contribution is -2.42. The number of urea groups is 1. The van der Waals surface area contributed by atoms with Crippen molar-refractivity contribution in [3.05, 3.63) is 40.2 Å². The number of hydrogen-bond donors (Lipinski definition) is 2. The third-order valence-electron chi connectivity index (χ3n) is 5.11. The maximum absolute atomic E-state index is 13.0. The largest absolute Gasteiger partial charge is 0.333 e. The lowest BCUT2D eigenvalue weighted by molar-refractivity contribution is 0.0566. The molecule has 4 heterocycles. The van der Waals surface area contributed by atoms with Crippen LogP contribution in [0.1, 0.15) is 36.4 Å². The van der Waals surface area contributed by atoms with Gasteiger partial charge in [-0.15, -0.1) is 11.3 Å². The smallest absolute Gasteiger partial charge is 0.333 e. The quantitative estimate of drug-likeness (QED) is 0.659. The summed E-state index contributed by atoms with van der Waals surface area (Å²) in [5.41, 5.74) is 2.43. The maximum Gasteiger partial charge on any atom is 0.333 e. The molecule has 30 heavy (non-hydrogen) atoms. The Morgan fingerprint density at radius 2 is 2.23 bits per heavy atom. The van der Waals surface area contributed by atoms with E-state index in [9.17, 15) is 13.6 Å². The molecule has 2 aromatic heterocycles. The summed E-state index contributed by atoms with van der Waals surface area (Å²) < 4.78 is 29.5. The molecule has 1 aliphatic carbocycles. The van der Waals surface area contributed by atoms with Crippen molar-refractivity contribution in [2.75, 3.05) is 13.1 Å². The molecule has 1 saturated carbocycles. The molecule has 2 fully saturated rings. The summed E-state index contributed by atoms with van der Waals surface area (Å²) in [6.07, 6.45) is 7.37. The van der Waals surface area contributed by atoms with Crippen LogP contribution in [0.5, 0.6) is 0 Å². The number of fused-ring (bicyclic) bond motifs is 1. The molecular formula is C18H19F2N7OS2. The summed E-state index contributed by atoms with van der Waals surface area (Å²) in [7, 11) is 0. The van der Waals surface area contributed by atoms with E-state index in [2.05, 4.69) is 25.1 Å². The minimum absolute atomic E-state index is 0.122. The number of rotatable bonds is 6. The van der Waals surface area contributed by atoms with E-state index >= 15 is 0 Å². The molecule has 5 rings (SSSR count). The number of nitrogens with zero attached hydrogens (tertiary/aromatic N) is 5. The number of aliphatic imine (C=N–C) groups is 1. The molecule has 0 spiro atoms. The van der Waals surface area contributed by atoms with E-state index in [1.54, 1.807) is 6.20 Å². The van der Waals surface area contributed by atoms with Crippen LogP contribution >= 0.6 is 23.3 Å². The van der Waals surface area contributed by atoms with Gasteiger partial charge in [-0.3, -0.25) is 9.71 Å². The van der Waals surface area contributed by atoms with Crippen molar-refractivity contribution in [3.8, 4) is 0 Å². The number of aromatic nitrogens is 3. The molecule has 8 nitrogen and oxygen atoms in total. The second-order valence-corrected chi connectivity index (χ2v) is 9.29. The van der Waals surface area contributed by atoms with E-state index in [1.165, 1.54) is 35.7 Å². The minimum Gasteiger partial charge on any atom is -0.333 e. The Morgan fingerprint density at radius 3 is 2.93 bits per heavy atom. The van der Waals surface area contributed by atoms with Crippen molar-refractivity contribution >= 4 is 40.7 Å². The monoisotopic (exact) mass is 451 g/mol.